The number of allylic oxidation sites excluding steroid dienone is 1. The van der Waals surface area contributed by atoms with E-state index in [1.54, 1.807) is 5.57 Å². The van der Waals surface area contributed by atoms with E-state index in [0.717, 1.165) is 36.1 Å². The molecule has 1 spiro atoms. The molecule has 0 bridgehead atoms. The van der Waals surface area contributed by atoms with E-state index in [9.17, 15) is 0 Å². The highest BCUT2D eigenvalue weighted by Crippen LogP contribution is 2.64. The Hall–Kier alpha value is -1.13. The molecule has 1 aromatic heterocycles. The summed E-state index contributed by atoms with van der Waals surface area (Å²) in [7, 11) is 2.10. The van der Waals surface area contributed by atoms with E-state index < -0.39 is 0 Å². The predicted molar refractivity (Wildman–Crippen MR) is 135 cm³/mol. The van der Waals surface area contributed by atoms with Gasteiger partial charge in [-0.2, -0.15) is 5.10 Å². The van der Waals surface area contributed by atoms with Crippen LogP contribution in [0.1, 0.15) is 83.9 Å². The van der Waals surface area contributed by atoms with Gasteiger partial charge in [-0.1, -0.05) is 31.9 Å². The second kappa shape index (κ2) is 7.44. The van der Waals surface area contributed by atoms with Crippen LogP contribution in [0.4, 0.5) is 0 Å². The number of hydrogen-bond donors (Lipinski definition) is 1. The Labute approximate surface area is 206 Å². The maximum atomic E-state index is 7.07. The highest BCUT2D eigenvalue weighted by Gasteiger charge is 2.59. The summed E-state index contributed by atoms with van der Waals surface area (Å²) in [4.78, 5) is 0. The average molecular weight is 464 g/mol. The minimum Gasteiger partial charge on any atom is -0.369 e. The summed E-state index contributed by atoms with van der Waals surface area (Å²) in [5, 5.41) is 8.71. The molecule has 0 unspecified atom stereocenters. The molecule has 34 heavy (non-hydrogen) atoms. The molecule has 4 aliphatic carbocycles. The minimum atomic E-state index is 0.0693. The van der Waals surface area contributed by atoms with Crippen molar-refractivity contribution in [2.24, 2.45) is 48.0 Å². The molecule has 0 radical (unpaired) electrons. The lowest BCUT2D eigenvalue weighted by atomic mass is 9.52. The first-order valence-corrected chi connectivity index (χ1v) is 14.4. The lowest BCUT2D eigenvalue weighted by molar-refractivity contribution is -0.0733. The number of ether oxygens (including phenoxy) is 1. The van der Waals surface area contributed by atoms with E-state index in [-0.39, 0.29) is 5.60 Å². The molecule has 4 fully saturated rings. The third kappa shape index (κ3) is 3.00. The molecule has 0 aromatic carbocycles. The summed E-state index contributed by atoms with van der Waals surface area (Å²) < 4.78 is 9.13. The smallest absolute Gasteiger partial charge is 0.0765 e. The highest BCUT2D eigenvalue weighted by atomic mass is 16.5. The third-order valence-corrected chi connectivity index (χ3v) is 12.0. The van der Waals surface area contributed by atoms with Crippen molar-refractivity contribution >= 4 is 0 Å². The number of nitrogens with one attached hydrogen (secondary N) is 1. The molecule has 2 aliphatic heterocycles. The van der Waals surface area contributed by atoms with Gasteiger partial charge >= 0.3 is 0 Å². The first-order valence-electron chi connectivity index (χ1n) is 14.4. The Bertz CT molecular complexity index is 1030. The molecule has 10 atom stereocenters. The summed E-state index contributed by atoms with van der Waals surface area (Å²) in [6.45, 7) is 11.2. The van der Waals surface area contributed by atoms with Crippen LogP contribution in [0.25, 0.3) is 0 Å². The third-order valence-electron chi connectivity index (χ3n) is 12.0. The predicted octanol–water partition coefficient (Wildman–Crippen LogP) is 5.46. The summed E-state index contributed by atoms with van der Waals surface area (Å²) in [5.74, 6) is 4.72. The fourth-order valence-electron chi connectivity index (χ4n) is 10.3. The zero-order valence-electron chi connectivity index (χ0n) is 22.1. The van der Waals surface area contributed by atoms with Crippen LogP contribution in [0.15, 0.2) is 17.3 Å². The second-order valence-corrected chi connectivity index (χ2v) is 13.8. The normalized spacial score (nSPS) is 49.8. The Morgan fingerprint density at radius 3 is 2.85 bits per heavy atom. The second-order valence-electron chi connectivity index (χ2n) is 13.8. The fraction of sp³-hybridized carbons (Fsp3) is 0.833. The monoisotopic (exact) mass is 463 g/mol. The zero-order chi connectivity index (χ0) is 23.4. The number of fused-ring (bicyclic) bond motifs is 7. The van der Waals surface area contributed by atoms with Gasteiger partial charge < -0.3 is 10.1 Å². The molecule has 1 N–H and O–H groups in total. The van der Waals surface area contributed by atoms with Crippen molar-refractivity contribution in [2.75, 3.05) is 6.54 Å². The van der Waals surface area contributed by atoms with E-state index in [4.69, 9.17) is 9.84 Å². The van der Waals surface area contributed by atoms with Crippen LogP contribution in [-0.4, -0.2) is 34.1 Å². The van der Waals surface area contributed by atoms with E-state index >= 15 is 0 Å². The van der Waals surface area contributed by atoms with Crippen LogP contribution in [0.2, 0.25) is 0 Å². The van der Waals surface area contributed by atoms with Gasteiger partial charge in [0.15, 0.2) is 0 Å². The Kier molecular flexibility index (Phi) is 4.84. The zero-order valence-corrected chi connectivity index (χ0v) is 22.1. The maximum Gasteiger partial charge on any atom is 0.0765 e. The standard InChI is InChI=1S/C30H45N3O/c1-17-10-27-28(31-15-17)19(3)30(34-27)9-8-22-23-7-6-21-11-26-20(16-33(5)32-26)14-29(21,4)25(23)12-24(22)18(2)13-30/h16-17,19,21-23,25,27-28,31H,6-15H2,1-5H3/t17-,19+,21+,22-,23-,25-,27+,28-,29-,30-/m0/s1. The molecule has 1 aromatic rings. The van der Waals surface area contributed by atoms with Gasteiger partial charge in [0.2, 0.25) is 0 Å². The van der Waals surface area contributed by atoms with Gasteiger partial charge in [0, 0.05) is 25.2 Å². The quantitative estimate of drug-likeness (QED) is 0.519. The van der Waals surface area contributed by atoms with Gasteiger partial charge in [0.25, 0.3) is 0 Å². The van der Waals surface area contributed by atoms with Gasteiger partial charge in [0.1, 0.15) is 0 Å². The molecule has 3 heterocycles. The van der Waals surface area contributed by atoms with Crippen LogP contribution in [-0.2, 0) is 24.6 Å². The average Bonchev–Trinajstić information content (AvgIpc) is 3.39. The molecule has 4 heteroatoms. The molecular formula is C30H45N3O. The lowest BCUT2D eigenvalue weighted by Crippen LogP contribution is -2.48. The molecule has 2 saturated carbocycles. The van der Waals surface area contributed by atoms with Crippen molar-refractivity contribution in [3.05, 3.63) is 28.6 Å². The van der Waals surface area contributed by atoms with E-state index in [0.29, 0.717) is 23.5 Å². The van der Waals surface area contributed by atoms with Crippen molar-refractivity contribution in [1.82, 2.24) is 15.1 Å². The highest BCUT2D eigenvalue weighted by molar-refractivity contribution is 5.32. The van der Waals surface area contributed by atoms with Crippen LogP contribution in [0, 0.1) is 40.9 Å². The summed E-state index contributed by atoms with van der Waals surface area (Å²) in [5.41, 5.74) is 7.01. The van der Waals surface area contributed by atoms with Crippen molar-refractivity contribution in [3.8, 4) is 0 Å². The first-order chi connectivity index (χ1) is 16.3. The van der Waals surface area contributed by atoms with Crippen LogP contribution in [0.5, 0.6) is 0 Å². The topological polar surface area (TPSA) is 39.1 Å². The molecule has 2 saturated heterocycles. The van der Waals surface area contributed by atoms with Crippen LogP contribution >= 0.6 is 0 Å². The molecule has 0 amide bonds. The largest absolute Gasteiger partial charge is 0.369 e. The van der Waals surface area contributed by atoms with E-state index in [1.165, 1.54) is 69.0 Å². The molecule has 186 valence electrons. The first kappa shape index (κ1) is 22.1. The fourth-order valence-corrected chi connectivity index (χ4v) is 10.3. The van der Waals surface area contributed by atoms with Gasteiger partial charge in [-0.3, -0.25) is 4.68 Å². The molecule has 6 aliphatic rings. The number of aryl methyl sites for hydroxylation is 1. The van der Waals surface area contributed by atoms with Gasteiger partial charge in [-0.05, 0) is 112 Å². The van der Waals surface area contributed by atoms with Crippen LogP contribution in [0.3, 0.4) is 0 Å². The number of nitrogens with zero attached hydrogens (tertiary/aromatic N) is 2. The van der Waals surface area contributed by atoms with Gasteiger partial charge in [-0.15, -0.1) is 0 Å². The summed E-state index contributed by atoms with van der Waals surface area (Å²) in [6, 6.07) is 0.560. The Balaban J connectivity index is 1.18. The lowest BCUT2D eigenvalue weighted by Gasteiger charge is -2.52. The van der Waals surface area contributed by atoms with Gasteiger partial charge in [-0.25, -0.2) is 0 Å². The van der Waals surface area contributed by atoms with E-state index in [2.05, 4.69) is 50.9 Å². The molecule has 4 nitrogen and oxygen atoms in total. The number of aromatic nitrogens is 2. The number of piperidine rings is 1. The van der Waals surface area contributed by atoms with Gasteiger partial charge in [0.05, 0.1) is 17.4 Å². The number of rotatable bonds is 0. The minimum absolute atomic E-state index is 0.0693. The SMILES string of the molecule is CC1=C2C[C@H]3[C@@H](CC[C@@H]4Cc5nn(C)cc5C[C@@]43C)[C@@H]2CC[C@@]2(C1)O[C@@H]1C[C@H](C)CN[C@H]1[C@H]2C. The number of hydrogen-bond acceptors (Lipinski definition) is 3. The summed E-state index contributed by atoms with van der Waals surface area (Å²) >= 11 is 0. The van der Waals surface area contributed by atoms with Crippen molar-refractivity contribution in [3.63, 3.8) is 0 Å². The Morgan fingerprint density at radius 2 is 2.00 bits per heavy atom. The summed E-state index contributed by atoms with van der Waals surface area (Å²) in [6.07, 6.45) is 14.4. The Morgan fingerprint density at radius 1 is 1.15 bits per heavy atom. The molecule has 7 rings (SSSR count). The van der Waals surface area contributed by atoms with Crippen LogP contribution < -0.4 is 5.32 Å². The van der Waals surface area contributed by atoms with Crippen molar-refractivity contribution < 1.29 is 4.74 Å². The van der Waals surface area contributed by atoms with Crippen molar-refractivity contribution in [1.29, 1.82) is 0 Å². The van der Waals surface area contributed by atoms with Crippen molar-refractivity contribution in [2.45, 2.75) is 103 Å². The molecular weight excluding hydrogens is 418 g/mol. The van der Waals surface area contributed by atoms with E-state index in [1.807, 2.05) is 5.57 Å². The maximum absolute atomic E-state index is 7.07.